The minimum atomic E-state index is -1.21. The summed E-state index contributed by atoms with van der Waals surface area (Å²) >= 11 is 0. The van der Waals surface area contributed by atoms with Crippen LogP contribution in [0.2, 0.25) is 0 Å². The van der Waals surface area contributed by atoms with E-state index < -0.39 is 170 Å². The Morgan fingerprint density at radius 2 is 0.762 bits per heavy atom. The number of nitrogen functional groups attached to an aromatic ring is 3. The van der Waals surface area contributed by atoms with Crippen molar-refractivity contribution in [1.29, 1.82) is 0 Å². The van der Waals surface area contributed by atoms with Gasteiger partial charge in [-0.2, -0.15) is 0 Å². The van der Waals surface area contributed by atoms with E-state index in [-0.39, 0.29) is 71.1 Å². The number of aryl methyl sites for hydroxylation is 2. The highest BCUT2D eigenvalue weighted by molar-refractivity contribution is 6.06. The molecule has 12 heterocycles. The number of benzene rings is 4. The number of carbonyl (C=O) groups excluding carboxylic acids is 8. The van der Waals surface area contributed by atoms with E-state index in [1.54, 1.807) is 39.5 Å². The lowest BCUT2D eigenvalue weighted by molar-refractivity contribution is -0.165. The highest BCUT2D eigenvalue weighted by Crippen LogP contribution is 2.43. The molecule has 0 radical (unpaired) electrons. The normalized spacial score (nSPS) is 23.2. The van der Waals surface area contributed by atoms with E-state index >= 15 is 0 Å². The number of ether oxygens (including phenoxy) is 7. The Bertz CT molecular complexity index is 6210. The lowest BCUT2D eigenvalue weighted by Gasteiger charge is -2.26. The fourth-order valence-corrected chi connectivity index (χ4v) is 18.3. The summed E-state index contributed by atoms with van der Waals surface area (Å²) in [4.78, 5) is 146. The Hall–Kier alpha value is -14.4. The van der Waals surface area contributed by atoms with E-state index in [1.807, 2.05) is 78.9 Å². The zero-order valence-electron chi connectivity index (χ0n) is 81.3. The molecule has 4 aliphatic heterocycles. The summed E-state index contributed by atoms with van der Waals surface area (Å²) in [5.41, 5.74) is 63.3. The summed E-state index contributed by atoms with van der Waals surface area (Å²) in [5, 5.41) is 72.7. The van der Waals surface area contributed by atoms with Gasteiger partial charge < -0.3 is 137 Å². The molecule has 50 heteroatoms. The standard InChI is InChI=1S/C37H42N6O9.C23H31N7O4.C22H30N8O4.C15H24N8O4/c1-22(44)41-28(37(48)49-4)18-17-26(16-15-25-11-7-5-8-12-25)19-29-31(50-23(2)45)32(51-24(3)46)36(52-29)43-21-40-30-33(38-20-39-34(30)43)42-35(47)27-13-9-6-10-14-27;24-15(21(26)33)9-8-14(7-6-13-4-2-1-3-5-13)10-16-18(31)19(32)23(34-16)30-12-29-17-20(25)27-11-28-22(17)30;23-14(20(25)33)7-6-13(26-9-12-4-2-1-3-5-12)8-15-17(31)18(32)22(34-15)30-11-29-16-19(24)27-10-28-21(16)30;16-6(1-2-7(17)13(19)26)3-8-10(24)11(25)15(27-8)23-5-22-9-12(18)20-4-21-14(9)23/h5-14,20-21,26,28-29,31-32,36H,15-19H2,1-4H3,(H,41,44)(H,38,39,42,47);1-5,11-12,14-16,18-19,23,31-32H,6-10,24H2,(H2,26,33)(H2,25,27,28);1-5,10-11,13-15,17-18,22,26,31-32H,6-9,23H2,(H2,25,33)(H2,24,27,28);4-8,10-11,15,24-25H,1-3,16-17H2,(H2,19,26)(H2,18,20,21)/t26-,28-,29+,31-,32?,36+;14-,15-,16+,18-,19?,23+;13-,14-,15+,17-,18?,22+;6-,7-,8+,10-,11?,15+/m0000/s1. The zero-order valence-corrected chi connectivity index (χ0v) is 81.3. The number of aliphatic hydroxyl groups is 6. The number of rotatable bonds is 42. The monoisotopic (exact) mass is 2030 g/mol. The van der Waals surface area contributed by atoms with Crippen molar-refractivity contribution in [1.82, 2.24) is 88.7 Å². The first-order valence-corrected chi connectivity index (χ1v) is 48.0. The van der Waals surface area contributed by atoms with Crippen molar-refractivity contribution in [2.45, 2.75) is 264 Å². The SMILES string of the molecule is COC(=O)[C@H](CC[C@H](CCc1ccccc1)C[C@H]1O[C@@H](n2cnc3c(NC(=O)c4ccccc4)ncnc32)C(OC(C)=O)[C@H]1OC(C)=O)NC(C)=O.NC(=O)[C@@H](N)CC[C@@H](C[C@H]1O[C@@H](n2cnc3c(N)ncnc32)C(O)[C@H]1O)NCc1ccccc1.NC(=O)[C@@H](N)CC[C@H](CCc1ccccc1)C[C@H]1O[C@@H](n2cnc3c(N)ncnc32)C(O)[C@H]1O.NC(=O)[C@@H](N)CC[C@H](N)C[C@H]1O[C@@H](n2cnc3c(N)ncnc32)C(O)[C@H]1O. The Balaban J connectivity index is 0.000000169. The van der Waals surface area contributed by atoms with Crippen LogP contribution in [0.5, 0.6) is 0 Å². The molecule has 4 aromatic carbocycles. The number of primary amides is 3. The van der Waals surface area contributed by atoms with Gasteiger partial charge in [-0.05, 0) is 143 Å². The molecule has 4 unspecified atom stereocenters. The number of methoxy groups -OCH3 is 1. The molecule has 50 nitrogen and oxygen atoms in total. The summed E-state index contributed by atoms with van der Waals surface area (Å²) in [6.45, 7) is 4.42. The summed E-state index contributed by atoms with van der Waals surface area (Å²) in [7, 11) is 1.26. The third-order valence-corrected chi connectivity index (χ3v) is 26.2. The molecule has 0 spiro atoms. The molecule has 4 fully saturated rings. The van der Waals surface area contributed by atoms with Gasteiger partial charge in [-0.25, -0.2) is 64.6 Å². The highest BCUT2D eigenvalue weighted by atomic mass is 16.6. The molecule has 29 N–H and O–H groups in total. The number of nitrogens with two attached hydrogens (primary N) is 10. The van der Waals surface area contributed by atoms with Crippen molar-refractivity contribution in [2.24, 2.45) is 52.0 Å². The first-order valence-electron chi connectivity index (χ1n) is 48.0. The first kappa shape index (κ1) is 110. The van der Waals surface area contributed by atoms with Crippen molar-refractivity contribution >= 4 is 115 Å². The maximum Gasteiger partial charge on any atom is 0.328 e. The maximum atomic E-state index is 12.9. The van der Waals surface area contributed by atoms with E-state index in [0.29, 0.717) is 123 Å². The molecule has 5 amide bonds. The molecular formula is C97H127N29O21. The third kappa shape index (κ3) is 28.5. The van der Waals surface area contributed by atoms with Gasteiger partial charge in [-0.1, -0.05) is 109 Å². The van der Waals surface area contributed by atoms with E-state index in [9.17, 15) is 69.0 Å². The number of nitrogens with zero attached hydrogens (tertiary/aromatic N) is 16. The number of anilines is 4. The number of aliphatic hydroxyl groups excluding tert-OH is 6. The topological polar surface area (TPSA) is 793 Å². The van der Waals surface area contributed by atoms with Crippen LogP contribution in [0.25, 0.3) is 44.7 Å². The van der Waals surface area contributed by atoms with Crippen LogP contribution >= 0.6 is 0 Å². The van der Waals surface area contributed by atoms with Crippen molar-refractivity contribution in [3.8, 4) is 0 Å². The zero-order chi connectivity index (χ0) is 105. The van der Waals surface area contributed by atoms with Crippen LogP contribution in [0.4, 0.5) is 23.3 Å². The predicted molar refractivity (Wildman–Crippen MR) is 530 cm³/mol. The number of hydrogen-bond acceptors (Lipinski definition) is 41. The van der Waals surface area contributed by atoms with Crippen LogP contribution in [0.3, 0.4) is 0 Å². The summed E-state index contributed by atoms with van der Waals surface area (Å²) in [5.74, 6) is -3.46. The second-order valence-corrected chi connectivity index (χ2v) is 36.6. The van der Waals surface area contributed by atoms with Crippen molar-refractivity contribution in [3.05, 3.63) is 194 Å². The molecule has 147 heavy (non-hydrogen) atoms. The third-order valence-electron chi connectivity index (χ3n) is 26.2. The summed E-state index contributed by atoms with van der Waals surface area (Å²) < 4.78 is 47.3. The Morgan fingerprint density at radius 1 is 0.395 bits per heavy atom. The second-order valence-electron chi connectivity index (χ2n) is 36.6. The number of imidazole rings is 4. The lowest BCUT2D eigenvalue weighted by Crippen LogP contribution is -2.41. The van der Waals surface area contributed by atoms with Crippen LogP contribution in [0, 0.1) is 11.8 Å². The number of carbonyl (C=O) groups is 8. The molecule has 12 aromatic rings. The van der Waals surface area contributed by atoms with Crippen LogP contribution in [0.15, 0.2) is 172 Å². The quantitative estimate of drug-likeness (QED) is 0.0185. The van der Waals surface area contributed by atoms with Gasteiger partial charge in [0.2, 0.25) is 23.6 Å². The van der Waals surface area contributed by atoms with Gasteiger partial charge >= 0.3 is 17.9 Å². The molecule has 4 aliphatic rings. The van der Waals surface area contributed by atoms with E-state index in [0.717, 1.165) is 24.0 Å². The van der Waals surface area contributed by atoms with Crippen LogP contribution in [-0.2, 0) is 86.1 Å². The Morgan fingerprint density at radius 3 is 1.20 bits per heavy atom. The molecule has 8 aromatic heterocycles. The minimum absolute atomic E-state index is 0.0914. The van der Waals surface area contributed by atoms with Crippen molar-refractivity contribution in [2.75, 3.05) is 29.6 Å². The number of nitrogens with one attached hydrogen (secondary N) is 3. The van der Waals surface area contributed by atoms with E-state index in [2.05, 4.69) is 87.9 Å². The molecular weight excluding hydrogens is 1910 g/mol. The van der Waals surface area contributed by atoms with Gasteiger partial charge in [0, 0.05) is 45.0 Å². The highest BCUT2D eigenvalue weighted by Gasteiger charge is 2.53. The number of aromatic nitrogens is 16. The fourth-order valence-electron chi connectivity index (χ4n) is 18.3. The molecule has 4 saturated heterocycles. The molecule has 0 aliphatic carbocycles. The van der Waals surface area contributed by atoms with Gasteiger partial charge in [-0.3, -0.25) is 51.8 Å². The van der Waals surface area contributed by atoms with Crippen LogP contribution in [0.1, 0.15) is 163 Å². The first-order chi connectivity index (χ1) is 70.5. The Kier molecular flexibility index (Phi) is 38.6. The average molecular weight is 2040 g/mol. The lowest BCUT2D eigenvalue weighted by atomic mass is 9.87. The largest absolute Gasteiger partial charge is 0.467 e. The number of amides is 5. The fraction of sp³-hybridized carbons (Fsp3) is 0.464. The summed E-state index contributed by atoms with van der Waals surface area (Å²) in [6, 6.07) is 34.7. The van der Waals surface area contributed by atoms with E-state index in [1.165, 1.54) is 93.2 Å². The minimum Gasteiger partial charge on any atom is -0.467 e. The number of fused-ring (bicyclic) bond motifs is 4. The maximum absolute atomic E-state index is 12.9. The number of hydrogen-bond donors (Lipinski definition) is 19. The average Bonchev–Trinajstić information content (AvgIpc) is 1.58. The summed E-state index contributed by atoms with van der Waals surface area (Å²) in [6.07, 6.45) is 3.31. The van der Waals surface area contributed by atoms with Gasteiger partial charge in [-0.15, -0.1) is 0 Å². The molecule has 16 rings (SSSR count). The van der Waals surface area contributed by atoms with Crippen molar-refractivity contribution in [3.63, 3.8) is 0 Å². The van der Waals surface area contributed by atoms with Gasteiger partial charge in [0.05, 0.1) is 68.9 Å². The smallest absolute Gasteiger partial charge is 0.328 e. The van der Waals surface area contributed by atoms with Gasteiger partial charge in [0.1, 0.15) is 90.6 Å². The van der Waals surface area contributed by atoms with Crippen LogP contribution in [-0.4, -0.2) is 273 Å². The van der Waals surface area contributed by atoms with Crippen molar-refractivity contribution < 1.29 is 102 Å². The van der Waals surface area contributed by atoms with Gasteiger partial charge in [0.25, 0.3) is 5.91 Å². The Labute approximate surface area is 842 Å². The molecule has 0 saturated carbocycles. The molecule has 786 valence electrons. The second kappa shape index (κ2) is 51.6. The molecule has 0 bridgehead atoms. The van der Waals surface area contributed by atoms with Crippen LogP contribution < -0.4 is 73.3 Å². The van der Waals surface area contributed by atoms with E-state index in [4.69, 9.17) is 90.5 Å². The predicted octanol–water partition coefficient (Wildman–Crippen LogP) is 0.703. The van der Waals surface area contributed by atoms with Gasteiger partial charge in [0.15, 0.2) is 88.5 Å². The molecule has 24 atom stereocenters. The number of esters is 3.